The van der Waals surface area contributed by atoms with Crippen molar-refractivity contribution in [3.05, 3.63) is 18.5 Å². The second kappa shape index (κ2) is 6.58. The number of anilines is 1. The van der Waals surface area contributed by atoms with E-state index in [-0.39, 0.29) is 12.6 Å². The Morgan fingerprint density at radius 2 is 2.14 bits per heavy atom. The van der Waals surface area contributed by atoms with Gasteiger partial charge in [-0.25, -0.2) is 18.1 Å². The summed E-state index contributed by atoms with van der Waals surface area (Å²) < 4.78 is 65.2. The minimum absolute atomic E-state index is 0.0897. The van der Waals surface area contributed by atoms with Gasteiger partial charge in [-0.15, -0.1) is 10.2 Å². The van der Waals surface area contributed by atoms with E-state index >= 15 is 0 Å². The van der Waals surface area contributed by atoms with Gasteiger partial charge in [0, 0.05) is 24.8 Å². The van der Waals surface area contributed by atoms with Crippen LogP contribution < -0.4 is 9.62 Å². The lowest BCUT2D eigenvalue weighted by atomic mass is 10.1. The average Bonchev–Trinajstić information content (AvgIpc) is 3.27. The van der Waals surface area contributed by atoms with Gasteiger partial charge in [0.15, 0.2) is 17.0 Å². The van der Waals surface area contributed by atoms with Crippen LogP contribution >= 0.6 is 0 Å². The molecule has 0 bridgehead atoms. The van der Waals surface area contributed by atoms with Crippen LogP contribution in [0.25, 0.3) is 16.8 Å². The van der Waals surface area contributed by atoms with Crippen LogP contribution in [0.3, 0.4) is 0 Å². The predicted molar refractivity (Wildman–Crippen MR) is 95.4 cm³/mol. The van der Waals surface area contributed by atoms with Crippen LogP contribution in [0.5, 0.6) is 0 Å². The number of nitrogens with one attached hydrogen (secondary N) is 2. The fraction of sp³-hybridized carbons (Fsp3) is 0.533. The Morgan fingerprint density at radius 3 is 2.86 bits per heavy atom. The maximum absolute atomic E-state index is 12.5. The second-order valence-electron chi connectivity index (χ2n) is 6.80. The lowest BCUT2D eigenvalue weighted by Gasteiger charge is -2.23. The molecule has 4 heterocycles. The number of hydrogen-bond acceptors (Lipinski definition) is 6. The number of H-pyrrole nitrogens is 1. The Balaban J connectivity index is 1.64. The van der Waals surface area contributed by atoms with E-state index in [4.69, 9.17) is 0 Å². The standard InChI is InChI=1S/C15H18F3N7O2S/c1-2-10-5-9(23-28(26,27)8-15(16,17)18)7-24(10)14-22-21-12-6-20-13-11(25(12)14)3-4-19-13/h3-4,6,9-10,19,23H,2,5,7-8H2,1H3/t9-,10+/m0/s1. The first-order valence-electron chi connectivity index (χ1n) is 8.67. The summed E-state index contributed by atoms with van der Waals surface area (Å²) in [6, 6.07) is 1.09. The first-order valence-corrected chi connectivity index (χ1v) is 10.3. The van der Waals surface area contributed by atoms with Crippen molar-refractivity contribution in [1.82, 2.24) is 29.3 Å². The first kappa shape index (κ1) is 18.9. The van der Waals surface area contributed by atoms with Crippen molar-refractivity contribution < 1.29 is 21.6 Å². The molecule has 13 heteroatoms. The van der Waals surface area contributed by atoms with Crippen molar-refractivity contribution in [3.8, 4) is 0 Å². The summed E-state index contributed by atoms with van der Waals surface area (Å²) in [4.78, 5) is 9.13. The van der Waals surface area contributed by atoms with E-state index in [0.717, 1.165) is 5.52 Å². The Bertz CT molecular complexity index is 1110. The van der Waals surface area contributed by atoms with E-state index in [9.17, 15) is 21.6 Å². The van der Waals surface area contributed by atoms with Crippen LogP contribution in [0.4, 0.5) is 19.1 Å². The molecule has 0 aromatic carbocycles. The van der Waals surface area contributed by atoms with Crippen molar-refractivity contribution in [1.29, 1.82) is 0 Å². The molecular formula is C15H18F3N7O2S. The molecular weight excluding hydrogens is 399 g/mol. The number of hydrogen-bond donors (Lipinski definition) is 2. The SMILES string of the molecule is CC[C@@H]1C[C@H](NS(=O)(=O)CC(F)(F)F)CN1c1nnc2cnc3[nH]ccc3n12. The molecule has 0 unspecified atom stereocenters. The zero-order chi connectivity index (χ0) is 20.1. The van der Waals surface area contributed by atoms with E-state index in [1.807, 2.05) is 17.9 Å². The van der Waals surface area contributed by atoms with E-state index < -0.39 is 28.0 Å². The highest BCUT2D eigenvalue weighted by Gasteiger charge is 2.40. The van der Waals surface area contributed by atoms with Gasteiger partial charge in [0.25, 0.3) is 0 Å². The number of halogens is 3. The van der Waals surface area contributed by atoms with Crippen LogP contribution in [0.15, 0.2) is 18.5 Å². The van der Waals surface area contributed by atoms with Crippen molar-refractivity contribution >= 4 is 32.8 Å². The van der Waals surface area contributed by atoms with Gasteiger partial charge in [0.2, 0.25) is 16.0 Å². The molecule has 0 aliphatic carbocycles. The highest BCUT2D eigenvalue weighted by Crippen LogP contribution is 2.29. The summed E-state index contributed by atoms with van der Waals surface area (Å²) >= 11 is 0. The third-order valence-corrected chi connectivity index (χ3v) is 6.17. The van der Waals surface area contributed by atoms with E-state index in [1.54, 1.807) is 16.8 Å². The summed E-state index contributed by atoms with van der Waals surface area (Å²) in [6.45, 7) is 2.13. The molecule has 0 saturated carbocycles. The molecule has 152 valence electrons. The fourth-order valence-corrected chi connectivity index (χ4v) is 4.89. The lowest BCUT2D eigenvalue weighted by Crippen LogP contribution is -2.41. The predicted octanol–water partition coefficient (Wildman–Crippen LogP) is 1.44. The molecule has 3 aromatic rings. The van der Waals surface area contributed by atoms with Crippen molar-refractivity contribution in [2.75, 3.05) is 17.2 Å². The Labute approximate surface area is 158 Å². The zero-order valence-electron chi connectivity index (χ0n) is 14.8. The molecule has 2 atom stereocenters. The first-order chi connectivity index (χ1) is 13.2. The number of aromatic nitrogens is 5. The molecule has 3 aromatic heterocycles. The average molecular weight is 417 g/mol. The number of rotatable bonds is 5. The summed E-state index contributed by atoms with van der Waals surface area (Å²) in [7, 11) is -4.47. The molecule has 1 aliphatic rings. The van der Waals surface area contributed by atoms with Gasteiger partial charge >= 0.3 is 6.18 Å². The monoisotopic (exact) mass is 417 g/mol. The quantitative estimate of drug-likeness (QED) is 0.651. The van der Waals surface area contributed by atoms with Crippen molar-refractivity contribution in [2.45, 2.75) is 38.0 Å². The maximum Gasteiger partial charge on any atom is 0.404 e. The highest BCUT2D eigenvalue weighted by atomic mass is 32.2. The van der Waals surface area contributed by atoms with Gasteiger partial charge in [-0.1, -0.05) is 6.92 Å². The molecule has 1 fully saturated rings. The number of nitrogens with zero attached hydrogens (tertiary/aromatic N) is 5. The van der Waals surface area contributed by atoms with Crippen LogP contribution in [-0.2, 0) is 10.0 Å². The normalized spacial score (nSPS) is 21.2. The molecule has 0 spiro atoms. The minimum atomic E-state index is -4.79. The van der Waals surface area contributed by atoms with Crippen LogP contribution in [0.2, 0.25) is 0 Å². The molecule has 28 heavy (non-hydrogen) atoms. The number of sulfonamides is 1. The van der Waals surface area contributed by atoms with Crippen LogP contribution in [-0.4, -0.2) is 63.5 Å². The highest BCUT2D eigenvalue weighted by molar-refractivity contribution is 7.89. The molecule has 9 nitrogen and oxygen atoms in total. The van der Waals surface area contributed by atoms with Gasteiger partial charge in [-0.05, 0) is 18.9 Å². The Hall–Kier alpha value is -2.41. The lowest BCUT2D eigenvalue weighted by molar-refractivity contribution is -0.106. The number of alkyl halides is 3. The second-order valence-corrected chi connectivity index (χ2v) is 8.56. The van der Waals surface area contributed by atoms with Crippen molar-refractivity contribution in [2.24, 2.45) is 0 Å². The maximum atomic E-state index is 12.5. The zero-order valence-corrected chi connectivity index (χ0v) is 15.6. The minimum Gasteiger partial charge on any atom is -0.345 e. The largest absolute Gasteiger partial charge is 0.404 e. The topological polar surface area (TPSA) is 108 Å². The van der Waals surface area contributed by atoms with Crippen LogP contribution in [0, 0.1) is 0 Å². The van der Waals surface area contributed by atoms with E-state index in [0.29, 0.717) is 30.1 Å². The van der Waals surface area contributed by atoms with Gasteiger partial charge in [0.1, 0.15) is 0 Å². The Kier molecular flexibility index (Phi) is 4.45. The molecule has 0 radical (unpaired) electrons. The van der Waals surface area contributed by atoms with Gasteiger partial charge < -0.3 is 9.88 Å². The molecule has 2 N–H and O–H groups in total. The summed E-state index contributed by atoms with van der Waals surface area (Å²) in [5.41, 5.74) is 1.93. The van der Waals surface area contributed by atoms with Crippen LogP contribution in [0.1, 0.15) is 19.8 Å². The number of aromatic amines is 1. The van der Waals surface area contributed by atoms with E-state index in [2.05, 4.69) is 24.9 Å². The van der Waals surface area contributed by atoms with E-state index in [1.165, 1.54) is 0 Å². The molecule has 1 aliphatic heterocycles. The summed E-state index contributed by atoms with van der Waals surface area (Å²) in [5.74, 6) is -1.39. The molecule has 0 amide bonds. The van der Waals surface area contributed by atoms with Gasteiger partial charge in [-0.2, -0.15) is 13.2 Å². The summed E-state index contributed by atoms with van der Waals surface area (Å²) in [5, 5.41) is 8.34. The molecule has 4 rings (SSSR count). The third-order valence-electron chi connectivity index (χ3n) is 4.77. The van der Waals surface area contributed by atoms with Gasteiger partial charge in [0.05, 0.1) is 11.7 Å². The third kappa shape index (κ3) is 3.51. The Morgan fingerprint density at radius 1 is 1.36 bits per heavy atom. The fourth-order valence-electron chi connectivity index (χ4n) is 3.69. The number of fused-ring (bicyclic) bond motifs is 3. The molecule has 1 saturated heterocycles. The summed E-state index contributed by atoms with van der Waals surface area (Å²) in [6.07, 6.45) is -0.436. The van der Waals surface area contributed by atoms with Crippen molar-refractivity contribution in [3.63, 3.8) is 0 Å². The smallest absolute Gasteiger partial charge is 0.345 e. The van der Waals surface area contributed by atoms with Gasteiger partial charge in [-0.3, -0.25) is 4.40 Å².